The number of hydrogen-bond donors (Lipinski definition) is 3. The molecule has 1 aromatic rings. The second-order valence-corrected chi connectivity index (χ2v) is 4.15. The highest BCUT2D eigenvalue weighted by atomic mass is 16.4. The Morgan fingerprint density at radius 1 is 1.40 bits per heavy atom. The van der Waals surface area contributed by atoms with E-state index in [0.29, 0.717) is 11.3 Å². The number of rotatable bonds is 6. The minimum absolute atomic E-state index is 0.121. The number of nitrogens with one attached hydrogen (secondary N) is 2. The van der Waals surface area contributed by atoms with Gasteiger partial charge in [0, 0.05) is 11.3 Å². The van der Waals surface area contributed by atoms with Gasteiger partial charge in [-0.3, -0.25) is 4.79 Å². The summed E-state index contributed by atoms with van der Waals surface area (Å²) in [5, 5.41) is 13.7. The van der Waals surface area contributed by atoms with E-state index in [9.17, 15) is 14.4 Å². The van der Waals surface area contributed by atoms with Crippen molar-refractivity contribution in [1.82, 2.24) is 5.32 Å². The summed E-state index contributed by atoms with van der Waals surface area (Å²) in [6.07, 6.45) is 1.53. The van der Waals surface area contributed by atoms with Gasteiger partial charge in [-0.25, -0.2) is 9.59 Å². The fourth-order valence-electron chi connectivity index (χ4n) is 1.53. The Balaban J connectivity index is 2.70. The van der Waals surface area contributed by atoms with Crippen LogP contribution in [0.1, 0.15) is 23.7 Å². The molecule has 106 valence electrons. The normalized spacial score (nSPS) is 11.2. The largest absolute Gasteiger partial charge is 0.480 e. The van der Waals surface area contributed by atoms with E-state index in [1.54, 1.807) is 18.2 Å². The smallest absolute Gasteiger partial charge is 0.326 e. The lowest BCUT2D eigenvalue weighted by Gasteiger charge is -2.13. The van der Waals surface area contributed by atoms with E-state index in [2.05, 4.69) is 17.2 Å². The average Bonchev–Trinajstić information content (AvgIpc) is 2.38. The zero-order chi connectivity index (χ0) is 15.1. The first-order valence-electron chi connectivity index (χ1n) is 5.96. The third-order valence-corrected chi connectivity index (χ3v) is 2.53. The van der Waals surface area contributed by atoms with Gasteiger partial charge in [0.2, 0.25) is 0 Å². The van der Waals surface area contributed by atoms with Crippen molar-refractivity contribution in [2.24, 2.45) is 0 Å². The van der Waals surface area contributed by atoms with Crippen LogP contribution in [0, 0.1) is 0 Å². The number of Topliss-reactive ketones (excluding diaryl/α,β-unsaturated/α-hetero) is 1. The monoisotopic (exact) mass is 276 g/mol. The minimum Gasteiger partial charge on any atom is -0.480 e. The van der Waals surface area contributed by atoms with E-state index in [0.717, 1.165) is 0 Å². The number of carboxylic acid groups (broad SMARTS) is 1. The van der Waals surface area contributed by atoms with Crippen molar-refractivity contribution in [3.05, 3.63) is 42.5 Å². The van der Waals surface area contributed by atoms with E-state index in [1.165, 1.54) is 19.1 Å². The highest BCUT2D eigenvalue weighted by molar-refractivity contribution is 5.97. The topological polar surface area (TPSA) is 95.5 Å². The predicted octanol–water partition coefficient (Wildman–Crippen LogP) is 2.04. The molecule has 0 saturated heterocycles. The van der Waals surface area contributed by atoms with E-state index >= 15 is 0 Å². The zero-order valence-corrected chi connectivity index (χ0v) is 11.1. The molecule has 1 atom stereocenters. The summed E-state index contributed by atoms with van der Waals surface area (Å²) in [4.78, 5) is 33.8. The fraction of sp³-hybridized carbons (Fsp3) is 0.214. The number of carboxylic acids is 1. The number of amides is 2. The van der Waals surface area contributed by atoms with Crippen molar-refractivity contribution in [1.29, 1.82) is 0 Å². The van der Waals surface area contributed by atoms with Crippen molar-refractivity contribution < 1.29 is 19.5 Å². The Hall–Kier alpha value is -2.63. The lowest BCUT2D eigenvalue weighted by Crippen LogP contribution is -2.42. The maximum absolute atomic E-state index is 11.7. The number of hydrogen-bond acceptors (Lipinski definition) is 3. The molecule has 0 fully saturated rings. The molecule has 0 aliphatic carbocycles. The highest BCUT2D eigenvalue weighted by Gasteiger charge is 2.18. The second kappa shape index (κ2) is 7.08. The van der Waals surface area contributed by atoms with Crippen LogP contribution < -0.4 is 10.6 Å². The van der Waals surface area contributed by atoms with Gasteiger partial charge in [-0.2, -0.15) is 0 Å². The van der Waals surface area contributed by atoms with Crippen LogP contribution in [-0.4, -0.2) is 28.9 Å². The fourth-order valence-corrected chi connectivity index (χ4v) is 1.53. The van der Waals surface area contributed by atoms with Gasteiger partial charge < -0.3 is 15.7 Å². The van der Waals surface area contributed by atoms with E-state index < -0.39 is 18.0 Å². The van der Waals surface area contributed by atoms with Crippen molar-refractivity contribution in [3.63, 3.8) is 0 Å². The van der Waals surface area contributed by atoms with Crippen LogP contribution in [0.2, 0.25) is 0 Å². The van der Waals surface area contributed by atoms with Crippen LogP contribution in [0.3, 0.4) is 0 Å². The molecule has 0 heterocycles. The molecule has 20 heavy (non-hydrogen) atoms. The summed E-state index contributed by atoms with van der Waals surface area (Å²) in [7, 11) is 0. The molecule has 0 radical (unpaired) electrons. The Bertz CT molecular complexity index is 540. The van der Waals surface area contributed by atoms with Crippen LogP contribution in [0.15, 0.2) is 36.9 Å². The lowest BCUT2D eigenvalue weighted by molar-refractivity contribution is -0.139. The standard InChI is InChI=1S/C14H16N2O4/c1-3-5-12(13(18)19)16-14(20)15-11-7-4-6-10(8-11)9(2)17/h3-4,6-8,12H,1,5H2,2H3,(H,18,19)(H2,15,16,20). The molecule has 3 N–H and O–H groups in total. The van der Waals surface area contributed by atoms with Crippen molar-refractivity contribution in [3.8, 4) is 0 Å². The number of anilines is 1. The second-order valence-electron chi connectivity index (χ2n) is 4.15. The summed E-state index contributed by atoms with van der Waals surface area (Å²) >= 11 is 0. The SMILES string of the molecule is C=CCC(NC(=O)Nc1cccc(C(C)=O)c1)C(=O)O. The summed E-state index contributed by atoms with van der Waals surface area (Å²) < 4.78 is 0. The van der Waals surface area contributed by atoms with Gasteiger partial charge >= 0.3 is 12.0 Å². The zero-order valence-electron chi connectivity index (χ0n) is 11.1. The molecule has 0 aliphatic heterocycles. The first-order valence-corrected chi connectivity index (χ1v) is 5.96. The lowest BCUT2D eigenvalue weighted by atomic mass is 10.1. The van der Waals surface area contributed by atoms with E-state index in [4.69, 9.17) is 5.11 Å². The maximum atomic E-state index is 11.7. The van der Waals surface area contributed by atoms with E-state index in [1.807, 2.05) is 0 Å². The molecule has 6 nitrogen and oxygen atoms in total. The number of urea groups is 1. The van der Waals surface area contributed by atoms with Gasteiger partial charge in [0.05, 0.1) is 0 Å². The molecule has 1 unspecified atom stereocenters. The van der Waals surface area contributed by atoms with Crippen LogP contribution in [0.5, 0.6) is 0 Å². The molecule has 0 saturated carbocycles. The molecule has 0 spiro atoms. The van der Waals surface area contributed by atoms with Gasteiger partial charge in [0.25, 0.3) is 0 Å². The molecule has 0 aromatic heterocycles. The molecular weight excluding hydrogens is 260 g/mol. The average molecular weight is 276 g/mol. The number of ketones is 1. The molecule has 1 aromatic carbocycles. The summed E-state index contributed by atoms with van der Waals surface area (Å²) in [6.45, 7) is 4.85. The molecule has 1 rings (SSSR count). The van der Waals surface area contributed by atoms with Crippen LogP contribution in [-0.2, 0) is 4.79 Å². The predicted molar refractivity (Wildman–Crippen MR) is 74.8 cm³/mol. The number of benzene rings is 1. The first-order chi connectivity index (χ1) is 9.43. The minimum atomic E-state index is -1.14. The van der Waals surface area contributed by atoms with Gasteiger partial charge in [-0.15, -0.1) is 6.58 Å². The van der Waals surface area contributed by atoms with Gasteiger partial charge in [0.1, 0.15) is 6.04 Å². The Morgan fingerprint density at radius 2 is 2.10 bits per heavy atom. The number of carbonyl (C=O) groups excluding carboxylic acids is 2. The molecule has 6 heteroatoms. The first kappa shape index (κ1) is 15.4. The quantitative estimate of drug-likeness (QED) is 0.547. The number of aliphatic carboxylic acids is 1. The van der Waals surface area contributed by atoms with Crippen molar-refractivity contribution >= 4 is 23.5 Å². The molecular formula is C14H16N2O4. The van der Waals surface area contributed by atoms with Gasteiger partial charge in [-0.05, 0) is 25.5 Å². The highest BCUT2D eigenvalue weighted by Crippen LogP contribution is 2.11. The van der Waals surface area contributed by atoms with Crippen LogP contribution >= 0.6 is 0 Å². The Morgan fingerprint density at radius 3 is 2.65 bits per heavy atom. The Kier molecular flexibility index (Phi) is 5.46. The summed E-state index contributed by atoms with van der Waals surface area (Å²) in [5.41, 5.74) is 0.876. The summed E-state index contributed by atoms with van der Waals surface area (Å²) in [6, 6.07) is 4.69. The van der Waals surface area contributed by atoms with Gasteiger partial charge in [0.15, 0.2) is 5.78 Å². The van der Waals surface area contributed by atoms with E-state index in [-0.39, 0.29) is 12.2 Å². The molecule has 0 aliphatic rings. The number of carbonyl (C=O) groups is 3. The van der Waals surface area contributed by atoms with Crippen LogP contribution in [0.25, 0.3) is 0 Å². The van der Waals surface area contributed by atoms with Crippen molar-refractivity contribution in [2.45, 2.75) is 19.4 Å². The summed E-state index contributed by atoms with van der Waals surface area (Å²) in [5.74, 6) is -1.26. The molecule has 2 amide bonds. The third-order valence-electron chi connectivity index (χ3n) is 2.53. The van der Waals surface area contributed by atoms with Crippen molar-refractivity contribution in [2.75, 3.05) is 5.32 Å². The Labute approximate surface area is 116 Å². The molecule has 0 bridgehead atoms. The van der Waals surface area contributed by atoms with Gasteiger partial charge in [-0.1, -0.05) is 18.2 Å². The maximum Gasteiger partial charge on any atom is 0.326 e. The third kappa shape index (κ3) is 4.56. The van der Waals surface area contributed by atoms with Crippen LogP contribution in [0.4, 0.5) is 10.5 Å².